The third-order valence-corrected chi connectivity index (χ3v) is 2.55. The van der Waals surface area contributed by atoms with Gasteiger partial charge in [-0.05, 0) is 40.4 Å². The Hall–Kier alpha value is -0.610. The van der Waals surface area contributed by atoms with Crippen LogP contribution < -0.4 is 4.74 Å². The third kappa shape index (κ3) is 2.45. The van der Waals surface area contributed by atoms with Crippen LogP contribution >= 0.6 is 15.9 Å². The van der Waals surface area contributed by atoms with Gasteiger partial charge in [0.05, 0.1) is 11.6 Å². The van der Waals surface area contributed by atoms with Gasteiger partial charge in [0.15, 0.2) is 11.6 Å². The molecule has 0 bridgehead atoms. The number of hydrogen-bond acceptors (Lipinski definition) is 2. The third-order valence-electron chi connectivity index (χ3n) is 1.94. The maximum atomic E-state index is 13.5. The summed E-state index contributed by atoms with van der Waals surface area (Å²) in [5.41, 5.74) is 0.780. The molecular formula is C10H12BrFO2. The number of rotatable bonds is 4. The zero-order valence-corrected chi connectivity index (χ0v) is 9.47. The molecular weight excluding hydrogens is 251 g/mol. The lowest BCUT2D eigenvalue weighted by molar-refractivity contribution is 0.287. The number of halogens is 2. The van der Waals surface area contributed by atoms with E-state index in [1.165, 1.54) is 7.11 Å². The molecule has 0 heterocycles. The zero-order valence-electron chi connectivity index (χ0n) is 7.89. The predicted octanol–water partition coefficient (Wildman–Crippen LogP) is 2.52. The molecule has 0 aliphatic carbocycles. The van der Waals surface area contributed by atoms with Crippen LogP contribution in [0.2, 0.25) is 0 Å². The van der Waals surface area contributed by atoms with Crippen molar-refractivity contribution in [3.05, 3.63) is 28.0 Å². The summed E-state index contributed by atoms with van der Waals surface area (Å²) in [6, 6.07) is 3.44. The summed E-state index contributed by atoms with van der Waals surface area (Å²) in [4.78, 5) is 0. The highest BCUT2D eigenvalue weighted by molar-refractivity contribution is 9.10. The molecule has 0 saturated heterocycles. The molecule has 0 fully saturated rings. The fraction of sp³-hybridized carbons (Fsp3) is 0.400. The fourth-order valence-corrected chi connectivity index (χ4v) is 1.57. The largest absolute Gasteiger partial charge is 0.493 e. The molecule has 1 aromatic rings. The summed E-state index contributed by atoms with van der Waals surface area (Å²) in [7, 11) is 1.44. The topological polar surface area (TPSA) is 29.5 Å². The number of aliphatic hydroxyl groups excluding tert-OH is 1. The molecule has 0 saturated carbocycles. The summed E-state index contributed by atoms with van der Waals surface area (Å²) in [5, 5.41) is 8.67. The first kappa shape index (κ1) is 11.5. The highest BCUT2D eigenvalue weighted by Gasteiger charge is 2.11. The van der Waals surface area contributed by atoms with Crippen LogP contribution in [0.5, 0.6) is 5.75 Å². The van der Waals surface area contributed by atoms with Crippen molar-refractivity contribution in [3.8, 4) is 5.75 Å². The number of methoxy groups -OCH3 is 1. The Labute approximate surface area is 90.8 Å². The molecule has 0 unspecified atom stereocenters. The van der Waals surface area contributed by atoms with Gasteiger partial charge in [0, 0.05) is 6.61 Å². The second-order valence-corrected chi connectivity index (χ2v) is 3.74. The number of ether oxygens (including phenoxy) is 1. The van der Waals surface area contributed by atoms with Crippen LogP contribution in [0.3, 0.4) is 0 Å². The molecule has 0 aliphatic heterocycles. The number of aliphatic hydroxyl groups is 1. The van der Waals surface area contributed by atoms with Crippen molar-refractivity contribution in [3.63, 3.8) is 0 Å². The maximum Gasteiger partial charge on any atom is 0.179 e. The highest BCUT2D eigenvalue weighted by atomic mass is 79.9. The zero-order chi connectivity index (χ0) is 10.6. The van der Waals surface area contributed by atoms with E-state index in [0.29, 0.717) is 17.3 Å². The average Bonchev–Trinajstić information content (AvgIpc) is 2.20. The molecule has 1 aromatic carbocycles. The van der Waals surface area contributed by atoms with Crippen molar-refractivity contribution in [2.24, 2.45) is 0 Å². The van der Waals surface area contributed by atoms with E-state index in [-0.39, 0.29) is 18.2 Å². The Morgan fingerprint density at radius 3 is 2.79 bits per heavy atom. The van der Waals surface area contributed by atoms with E-state index < -0.39 is 0 Å². The molecule has 0 spiro atoms. The van der Waals surface area contributed by atoms with Crippen LogP contribution in [0.4, 0.5) is 4.39 Å². The summed E-state index contributed by atoms with van der Waals surface area (Å²) < 4.78 is 18.8. The Morgan fingerprint density at radius 2 is 2.21 bits per heavy atom. The quantitative estimate of drug-likeness (QED) is 0.904. The average molecular weight is 263 g/mol. The van der Waals surface area contributed by atoms with Crippen molar-refractivity contribution in [2.45, 2.75) is 12.8 Å². The SMILES string of the molecule is COc1c(CCCO)ccc(Br)c1F. The Kier molecular flexibility index (Phi) is 4.35. The van der Waals surface area contributed by atoms with Gasteiger partial charge < -0.3 is 9.84 Å². The molecule has 0 amide bonds. The van der Waals surface area contributed by atoms with Gasteiger partial charge in [-0.3, -0.25) is 0 Å². The molecule has 0 radical (unpaired) electrons. The number of hydrogen-bond donors (Lipinski definition) is 1. The van der Waals surface area contributed by atoms with Gasteiger partial charge in [-0.1, -0.05) is 6.07 Å². The van der Waals surface area contributed by atoms with E-state index in [2.05, 4.69) is 15.9 Å². The van der Waals surface area contributed by atoms with Crippen LogP contribution in [0.1, 0.15) is 12.0 Å². The first-order valence-electron chi connectivity index (χ1n) is 4.32. The van der Waals surface area contributed by atoms with Crippen molar-refractivity contribution in [1.82, 2.24) is 0 Å². The first-order valence-corrected chi connectivity index (χ1v) is 5.11. The lowest BCUT2D eigenvalue weighted by atomic mass is 10.1. The van der Waals surface area contributed by atoms with Gasteiger partial charge in [0.1, 0.15) is 0 Å². The molecule has 0 atom stereocenters. The summed E-state index contributed by atoms with van der Waals surface area (Å²) in [6.45, 7) is 0.0981. The van der Waals surface area contributed by atoms with Crippen molar-refractivity contribution in [2.75, 3.05) is 13.7 Å². The van der Waals surface area contributed by atoms with Crippen LogP contribution in [0.15, 0.2) is 16.6 Å². The molecule has 0 aliphatic rings. The summed E-state index contributed by atoms with van der Waals surface area (Å²) in [6.07, 6.45) is 1.22. The smallest absolute Gasteiger partial charge is 0.179 e. The van der Waals surface area contributed by atoms with Gasteiger partial charge in [0.25, 0.3) is 0 Å². The van der Waals surface area contributed by atoms with E-state index >= 15 is 0 Å². The molecule has 2 nitrogen and oxygen atoms in total. The highest BCUT2D eigenvalue weighted by Crippen LogP contribution is 2.29. The minimum Gasteiger partial charge on any atom is -0.493 e. The van der Waals surface area contributed by atoms with E-state index in [1.54, 1.807) is 12.1 Å². The number of aryl methyl sites for hydroxylation is 1. The lowest BCUT2D eigenvalue weighted by Crippen LogP contribution is -1.97. The molecule has 1 rings (SSSR count). The second-order valence-electron chi connectivity index (χ2n) is 2.88. The Balaban J connectivity index is 2.98. The molecule has 14 heavy (non-hydrogen) atoms. The lowest BCUT2D eigenvalue weighted by Gasteiger charge is -2.09. The van der Waals surface area contributed by atoms with E-state index in [9.17, 15) is 4.39 Å². The predicted molar refractivity (Wildman–Crippen MR) is 56.1 cm³/mol. The van der Waals surface area contributed by atoms with Gasteiger partial charge >= 0.3 is 0 Å². The maximum absolute atomic E-state index is 13.5. The van der Waals surface area contributed by atoms with Crippen LogP contribution in [-0.2, 0) is 6.42 Å². The van der Waals surface area contributed by atoms with Crippen LogP contribution in [0.25, 0.3) is 0 Å². The second kappa shape index (κ2) is 5.32. The minimum atomic E-state index is -0.386. The van der Waals surface area contributed by atoms with Gasteiger partial charge in [0.2, 0.25) is 0 Å². The molecule has 4 heteroatoms. The molecule has 78 valence electrons. The number of benzene rings is 1. The van der Waals surface area contributed by atoms with Gasteiger partial charge in [-0.2, -0.15) is 0 Å². The van der Waals surface area contributed by atoms with Crippen molar-refractivity contribution < 1.29 is 14.2 Å². The summed E-state index contributed by atoms with van der Waals surface area (Å²) >= 11 is 3.08. The Bertz CT molecular complexity index is 315. The van der Waals surface area contributed by atoms with Gasteiger partial charge in [-0.25, -0.2) is 4.39 Å². The van der Waals surface area contributed by atoms with Crippen LogP contribution in [0, 0.1) is 5.82 Å². The normalized spacial score (nSPS) is 10.3. The standard InChI is InChI=1S/C10H12BrFO2/c1-14-10-7(3-2-6-13)4-5-8(11)9(10)12/h4-5,13H,2-3,6H2,1H3. The molecule has 1 N–H and O–H groups in total. The monoisotopic (exact) mass is 262 g/mol. The van der Waals surface area contributed by atoms with Crippen molar-refractivity contribution in [1.29, 1.82) is 0 Å². The van der Waals surface area contributed by atoms with E-state index in [1.807, 2.05) is 0 Å². The van der Waals surface area contributed by atoms with E-state index in [0.717, 1.165) is 5.56 Å². The minimum absolute atomic E-state index is 0.0981. The Morgan fingerprint density at radius 1 is 1.50 bits per heavy atom. The fourth-order valence-electron chi connectivity index (χ4n) is 1.26. The van der Waals surface area contributed by atoms with E-state index in [4.69, 9.17) is 9.84 Å². The first-order chi connectivity index (χ1) is 6.70. The van der Waals surface area contributed by atoms with Crippen molar-refractivity contribution >= 4 is 15.9 Å². The molecule has 0 aromatic heterocycles. The van der Waals surface area contributed by atoms with Gasteiger partial charge in [-0.15, -0.1) is 0 Å². The summed E-state index contributed by atoms with van der Waals surface area (Å²) in [5.74, 6) is -0.129. The van der Waals surface area contributed by atoms with Crippen LogP contribution in [-0.4, -0.2) is 18.8 Å².